The zero-order valence-electron chi connectivity index (χ0n) is 7.46. The van der Waals surface area contributed by atoms with Crippen molar-refractivity contribution in [1.29, 1.82) is 0 Å². The first-order chi connectivity index (χ1) is 6.08. The summed E-state index contributed by atoms with van der Waals surface area (Å²) < 4.78 is 0. The molecule has 0 aromatic heterocycles. The third-order valence-corrected chi connectivity index (χ3v) is 2.19. The van der Waals surface area contributed by atoms with Crippen molar-refractivity contribution in [2.45, 2.75) is 11.8 Å². The van der Waals surface area contributed by atoms with Gasteiger partial charge in [0.1, 0.15) is 4.87 Å². The molecule has 1 unspecified atom stereocenters. The number of carbonyl (C=O) groups is 1. The summed E-state index contributed by atoms with van der Waals surface area (Å²) in [4.78, 5) is 10.7. The highest BCUT2D eigenvalue weighted by Gasteiger charge is 2.27. The van der Waals surface area contributed by atoms with E-state index >= 15 is 0 Å². The highest BCUT2D eigenvalue weighted by Crippen LogP contribution is 2.21. The van der Waals surface area contributed by atoms with Crippen LogP contribution >= 0.6 is 11.6 Å². The molecule has 0 aliphatic carbocycles. The first kappa shape index (κ1) is 10.0. The summed E-state index contributed by atoms with van der Waals surface area (Å²) in [5.41, 5.74) is 0.611. The van der Waals surface area contributed by atoms with Gasteiger partial charge in [0.15, 0.2) is 5.78 Å². The SMILES string of the molecule is C=CC(C)(Cl)C(=O)c1ccccc1. The molecule has 0 heterocycles. The van der Waals surface area contributed by atoms with Gasteiger partial charge < -0.3 is 0 Å². The smallest absolute Gasteiger partial charge is 0.187 e. The van der Waals surface area contributed by atoms with E-state index < -0.39 is 4.87 Å². The van der Waals surface area contributed by atoms with Gasteiger partial charge in [-0.05, 0) is 6.92 Å². The fourth-order valence-electron chi connectivity index (χ4n) is 0.964. The van der Waals surface area contributed by atoms with E-state index in [0.717, 1.165) is 0 Å². The molecule has 0 N–H and O–H groups in total. The lowest BCUT2D eigenvalue weighted by molar-refractivity contribution is 0.0966. The molecular formula is C11H11ClO. The first-order valence-electron chi connectivity index (χ1n) is 4.00. The molecule has 0 aliphatic heterocycles. The lowest BCUT2D eigenvalue weighted by Crippen LogP contribution is -2.25. The van der Waals surface area contributed by atoms with Crippen molar-refractivity contribution >= 4 is 17.4 Å². The predicted octanol–water partition coefficient (Wildman–Crippen LogP) is 3.05. The van der Waals surface area contributed by atoms with Crippen molar-refractivity contribution in [2.75, 3.05) is 0 Å². The Balaban J connectivity index is 2.99. The van der Waals surface area contributed by atoms with Gasteiger partial charge in [0.2, 0.25) is 0 Å². The van der Waals surface area contributed by atoms with E-state index in [9.17, 15) is 4.79 Å². The molecule has 1 rings (SSSR count). The fourth-order valence-corrected chi connectivity index (χ4v) is 1.07. The van der Waals surface area contributed by atoms with Gasteiger partial charge in [-0.15, -0.1) is 18.2 Å². The Labute approximate surface area is 83.0 Å². The third-order valence-electron chi connectivity index (χ3n) is 1.86. The van der Waals surface area contributed by atoms with Crippen LogP contribution in [-0.4, -0.2) is 10.7 Å². The number of ketones is 1. The molecule has 0 saturated carbocycles. The molecule has 1 nitrogen and oxygen atoms in total. The van der Waals surface area contributed by atoms with Crippen LogP contribution in [0.25, 0.3) is 0 Å². The molecule has 0 bridgehead atoms. The van der Waals surface area contributed by atoms with E-state index in [-0.39, 0.29) is 5.78 Å². The number of alkyl halides is 1. The Hall–Kier alpha value is -1.08. The lowest BCUT2D eigenvalue weighted by atomic mass is 9.99. The minimum Gasteiger partial charge on any atom is -0.292 e. The van der Waals surface area contributed by atoms with Gasteiger partial charge in [0.25, 0.3) is 0 Å². The van der Waals surface area contributed by atoms with Crippen LogP contribution in [0.2, 0.25) is 0 Å². The van der Waals surface area contributed by atoms with Crippen LogP contribution in [0, 0.1) is 0 Å². The molecule has 0 aliphatic rings. The van der Waals surface area contributed by atoms with Gasteiger partial charge in [-0.25, -0.2) is 0 Å². The fraction of sp³-hybridized carbons (Fsp3) is 0.182. The van der Waals surface area contributed by atoms with Gasteiger partial charge in [-0.3, -0.25) is 4.79 Å². The van der Waals surface area contributed by atoms with Gasteiger partial charge in [-0.2, -0.15) is 0 Å². The monoisotopic (exact) mass is 194 g/mol. The first-order valence-corrected chi connectivity index (χ1v) is 4.38. The number of rotatable bonds is 3. The van der Waals surface area contributed by atoms with Gasteiger partial charge in [0.05, 0.1) is 0 Å². The molecule has 13 heavy (non-hydrogen) atoms. The van der Waals surface area contributed by atoms with Crippen LogP contribution in [0.3, 0.4) is 0 Å². The quantitative estimate of drug-likeness (QED) is 0.411. The van der Waals surface area contributed by atoms with E-state index in [0.29, 0.717) is 5.56 Å². The summed E-state index contributed by atoms with van der Waals surface area (Å²) in [5, 5.41) is 0. The highest BCUT2D eigenvalue weighted by atomic mass is 35.5. The largest absolute Gasteiger partial charge is 0.292 e. The highest BCUT2D eigenvalue weighted by molar-refractivity contribution is 6.39. The van der Waals surface area contributed by atoms with Crippen LogP contribution in [0.4, 0.5) is 0 Å². The Bertz CT molecular complexity index is 314. The van der Waals surface area contributed by atoms with E-state index in [1.54, 1.807) is 19.1 Å². The molecule has 0 spiro atoms. The summed E-state index contributed by atoms with van der Waals surface area (Å²) in [7, 11) is 0. The molecule has 1 aromatic rings. The molecule has 2 heteroatoms. The minimum absolute atomic E-state index is 0.121. The number of hydrogen-bond acceptors (Lipinski definition) is 1. The predicted molar refractivity (Wildman–Crippen MR) is 55.2 cm³/mol. The Kier molecular flexibility index (Phi) is 2.89. The zero-order chi connectivity index (χ0) is 9.90. The number of benzene rings is 1. The van der Waals surface area contributed by atoms with Gasteiger partial charge in [-0.1, -0.05) is 36.4 Å². The standard InChI is InChI=1S/C11H11ClO/c1-3-11(2,12)10(13)9-7-5-4-6-8-9/h3-8H,1H2,2H3. The molecule has 0 saturated heterocycles. The number of allylic oxidation sites excluding steroid dienone is 1. The summed E-state index contributed by atoms with van der Waals surface area (Å²) in [6, 6.07) is 8.96. The van der Waals surface area contributed by atoms with Crippen LogP contribution in [0.5, 0.6) is 0 Å². The number of hydrogen-bond donors (Lipinski definition) is 0. The van der Waals surface area contributed by atoms with Crippen LogP contribution in [0.1, 0.15) is 17.3 Å². The van der Waals surface area contributed by atoms with E-state index in [1.165, 1.54) is 6.08 Å². The van der Waals surface area contributed by atoms with E-state index in [1.807, 2.05) is 18.2 Å². The Morgan fingerprint density at radius 1 is 1.46 bits per heavy atom. The Morgan fingerprint density at radius 3 is 2.46 bits per heavy atom. The van der Waals surface area contributed by atoms with Crippen molar-refractivity contribution in [3.05, 3.63) is 48.6 Å². The maximum absolute atomic E-state index is 11.7. The number of carbonyl (C=O) groups excluding carboxylic acids is 1. The molecule has 68 valence electrons. The summed E-state index contributed by atoms with van der Waals surface area (Å²) >= 11 is 5.94. The zero-order valence-corrected chi connectivity index (χ0v) is 8.21. The van der Waals surface area contributed by atoms with Gasteiger partial charge in [0, 0.05) is 5.56 Å². The average Bonchev–Trinajstić information content (AvgIpc) is 2.18. The minimum atomic E-state index is -0.999. The van der Waals surface area contributed by atoms with Crippen LogP contribution in [-0.2, 0) is 0 Å². The van der Waals surface area contributed by atoms with Gasteiger partial charge >= 0.3 is 0 Å². The molecule has 0 amide bonds. The maximum atomic E-state index is 11.7. The second-order valence-corrected chi connectivity index (χ2v) is 3.76. The molecule has 1 aromatic carbocycles. The summed E-state index contributed by atoms with van der Waals surface area (Å²) in [6.07, 6.45) is 1.45. The number of halogens is 1. The third kappa shape index (κ3) is 2.19. The summed E-state index contributed by atoms with van der Waals surface area (Å²) in [6.45, 7) is 5.16. The molecular weight excluding hydrogens is 184 g/mol. The molecule has 1 atom stereocenters. The lowest BCUT2D eigenvalue weighted by Gasteiger charge is -2.14. The van der Waals surface area contributed by atoms with Crippen LogP contribution < -0.4 is 0 Å². The second kappa shape index (κ2) is 3.75. The maximum Gasteiger partial charge on any atom is 0.187 e. The van der Waals surface area contributed by atoms with Crippen molar-refractivity contribution in [2.24, 2.45) is 0 Å². The second-order valence-electron chi connectivity index (χ2n) is 2.97. The van der Waals surface area contributed by atoms with Crippen molar-refractivity contribution in [3.63, 3.8) is 0 Å². The molecule has 0 radical (unpaired) electrons. The van der Waals surface area contributed by atoms with Crippen molar-refractivity contribution < 1.29 is 4.79 Å². The van der Waals surface area contributed by atoms with E-state index in [4.69, 9.17) is 11.6 Å². The van der Waals surface area contributed by atoms with E-state index in [2.05, 4.69) is 6.58 Å². The van der Waals surface area contributed by atoms with Crippen molar-refractivity contribution in [3.8, 4) is 0 Å². The van der Waals surface area contributed by atoms with Crippen molar-refractivity contribution in [1.82, 2.24) is 0 Å². The topological polar surface area (TPSA) is 17.1 Å². The molecule has 0 fully saturated rings. The average molecular weight is 195 g/mol. The Morgan fingerprint density at radius 2 is 2.00 bits per heavy atom. The van der Waals surface area contributed by atoms with Crippen LogP contribution in [0.15, 0.2) is 43.0 Å². The summed E-state index contributed by atoms with van der Waals surface area (Å²) in [5.74, 6) is -0.121. The normalized spacial score (nSPS) is 14.6. The number of Topliss-reactive ketones (excluding diaryl/α,β-unsaturated/α-hetero) is 1.